The van der Waals surface area contributed by atoms with Gasteiger partial charge in [-0.25, -0.2) is 4.79 Å². The van der Waals surface area contributed by atoms with Crippen molar-refractivity contribution in [3.05, 3.63) is 76.9 Å². The van der Waals surface area contributed by atoms with Crippen molar-refractivity contribution in [3.63, 3.8) is 0 Å². The number of benzene rings is 2. The summed E-state index contributed by atoms with van der Waals surface area (Å²) in [6.07, 6.45) is -2.94. The first kappa shape index (κ1) is 24.0. The zero-order valence-electron chi connectivity index (χ0n) is 20.1. The minimum absolute atomic E-state index is 0.0835. The number of halogens is 2. The van der Waals surface area contributed by atoms with E-state index in [0.717, 1.165) is 0 Å². The van der Waals surface area contributed by atoms with Crippen molar-refractivity contribution in [1.29, 1.82) is 0 Å². The van der Waals surface area contributed by atoms with Crippen LogP contribution in [0.1, 0.15) is 58.5 Å². The van der Waals surface area contributed by atoms with E-state index in [9.17, 15) is 23.5 Å². The topological polar surface area (TPSA) is 116 Å². The molecule has 3 heterocycles. The molecule has 0 spiro atoms. The molecule has 0 saturated heterocycles. The average Bonchev–Trinajstić information content (AvgIpc) is 3.65. The minimum atomic E-state index is -3.74. The van der Waals surface area contributed by atoms with E-state index in [1.807, 2.05) is 0 Å². The van der Waals surface area contributed by atoms with Gasteiger partial charge in [-0.05, 0) is 54.3 Å². The average molecular weight is 524 g/mol. The summed E-state index contributed by atoms with van der Waals surface area (Å²) in [5, 5.41) is 12.5. The molecule has 0 radical (unpaired) electrons. The predicted octanol–water partition coefficient (Wildman–Crippen LogP) is 4.52. The molecular weight excluding hydrogens is 502 g/mol. The van der Waals surface area contributed by atoms with Crippen molar-refractivity contribution >= 4 is 11.9 Å². The standard InChI is InChI=1S/C27H22F2N2O7/c1-35-22-8-6-17-18(13-20(36-23(17)31-22)14-3-2-4-15(11-14)24(32)33)30-25(34)26(9-10-26)16-5-7-19-21(12-16)38-27(28,29)37-19/h2-8,11-12,18,20H,9-10,13H2,1H3,(H,30,34)(H,32,33)/t18-,20-/m1/s1. The molecular formula is C27H22F2N2O7. The molecule has 0 unspecified atom stereocenters. The molecule has 0 bridgehead atoms. The van der Waals surface area contributed by atoms with Crippen molar-refractivity contribution in [3.8, 4) is 23.3 Å². The minimum Gasteiger partial charge on any atom is -0.481 e. The quantitative estimate of drug-likeness (QED) is 0.484. The lowest BCUT2D eigenvalue weighted by Gasteiger charge is -2.33. The highest BCUT2D eigenvalue weighted by molar-refractivity contribution is 5.92. The fourth-order valence-electron chi connectivity index (χ4n) is 4.96. The van der Waals surface area contributed by atoms with Crippen molar-refractivity contribution in [2.75, 3.05) is 7.11 Å². The van der Waals surface area contributed by atoms with E-state index in [0.29, 0.717) is 41.8 Å². The Bertz CT molecular complexity index is 1460. The molecule has 1 amide bonds. The van der Waals surface area contributed by atoms with Crippen molar-refractivity contribution < 1.29 is 42.4 Å². The Kier molecular flexibility index (Phi) is 5.41. The maximum absolute atomic E-state index is 13.6. The van der Waals surface area contributed by atoms with Crippen molar-refractivity contribution in [2.24, 2.45) is 0 Å². The third-order valence-corrected chi connectivity index (χ3v) is 7.10. The van der Waals surface area contributed by atoms with E-state index >= 15 is 0 Å². The summed E-state index contributed by atoms with van der Waals surface area (Å²) in [5.74, 6) is -0.941. The largest absolute Gasteiger partial charge is 0.586 e. The number of hydrogen-bond acceptors (Lipinski definition) is 7. The molecule has 38 heavy (non-hydrogen) atoms. The summed E-state index contributed by atoms with van der Waals surface area (Å²) in [6.45, 7) is 0. The third-order valence-electron chi connectivity index (χ3n) is 7.10. The molecule has 3 aromatic rings. The molecule has 1 saturated carbocycles. The molecule has 3 aliphatic rings. The Morgan fingerprint density at radius 3 is 2.61 bits per heavy atom. The Hall–Kier alpha value is -4.41. The highest BCUT2D eigenvalue weighted by Crippen LogP contribution is 2.52. The van der Waals surface area contributed by atoms with Crippen LogP contribution >= 0.6 is 0 Å². The van der Waals surface area contributed by atoms with Gasteiger partial charge in [0, 0.05) is 18.1 Å². The molecule has 1 aromatic heterocycles. The van der Waals surface area contributed by atoms with Crippen LogP contribution in [0, 0.1) is 0 Å². The van der Waals surface area contributed by atoms with Gasteiger partial charge in [-0.2, -0.15) is 4.98 Å². The third kappa shape index (κ3) is 4.13. The first-order valence-corrected chi connectivity index (χ1v) is 11.9. The molecule has 2 N–H and O–H groups in total. The number of nitrogens with zero attached hydrogens (tertiary/aromatic N) is 1. The van der Waals surface area contributed by atoms with Gasteiger partial charge in [0.1, 0.15) is 6.10 Å². The summed E-state index contributed by atoms with van der Waals surface area (Å²) >= 11 is 0. The number of aromatic carboxylic acids is 1. The van der Waals surface area contributed by atoms with E-state index in [1.165, 1.54) is 31.4 Å². The van der Waals surface area contributed by atoms with Crippen LogP contribution in [0.2, 0.25) is 0 Å². The zero-order chi connectivity index (χ0) is 26.7. The summed E-state index contributed by atoms with van der Waals surface area (Å²) in [4.78, 5) is 29.5. The Balaban J connectivity index is 1.29. The Morgan fingerprint density at radius 2 is 1.87 bits per heavy atom. The van der Waals surface area contributed by atoms with E-state index in [2.05, 4.69) is 19.8 Å². The van der Waals surface area contributed by atoms with Gasteiger partial charge >= 0.3 is 12.3 Å². The number of amides is 1. The fraction of sp³-hybridized carbons (Fsp3) is 0.296. The number of pyridine rings is 1. The number of rotatable bonds is 6. The summed E-state index contributed by atoms with van der Waals surface area (Å²) < 4.78 is 47.4. The lowest BCUT2D eigenvalue weighted by atomic mass is 9.91. The molecule has 2 atom stereocenters. The number of carboxylic acid groups (broad SMARTS) is 1. The predicted molar refractivity (Wildman–Crippen MR) is 127 cm³/mol. The second kappa shape index (κ2) is 8.57. The second-order valence-corrected chi connectivity index (χ2v) is 9.46. The molecule has 6 rings (SSSR count). The van der Waals surface area contributed by atoms with E-state index in [4.69, 9.17) is 9.47 Å². The fourth-order valence-corrected chi connectivity index (χ4v) is 4.96. The van der Waals surface area contributed by atoms with Gasteiger partial charge in [0.2, 0.25) is 17.7 Å². The zero-order valence-corrected chi connectivity index (χ0v) is 20.1. The van der Waals surface area contributed by atoms with E-state index in [-0.39, 0.29) is 28.8 Å². The normalized spacial score (nSPS) is 21.6. The van der Waals surface area contributed by atoms with Gasteiger partial charge in [-0.3, -0.25) is 4.79 Å². The Morgan fingerprint density at radius 1 is 1.08 bits per heavy atom. The van der Waals surface area contributed by atoms with Gasteiger partial charge in [0.15, 0.2) is 11.5 Å². The molecule has 196 valence electrons. The molecule has 1 fully saturated rings. The lowest BCUT2D eigenvalue weighted by molar-refractivity contribution is -0.286. The van der Waals surface area contributed by atoms with E-state index in [1.54, 1.807) is 30.3 Å². The molecule has 11 heteroatoms. The smallest absolute Gasteiger partial charge is 0.481 e. The number of carbonyl (C=O) groups is 2. The maximum Gasteiger partial charge on any atom is 0.586 e. The van der Waals surface area contributed by atoms with Crippen LogP contribution in [0.4, 0.5) is 8.78 Å². The summed E-state index contributed by atoms with van der Waals surface area (Å²) in [5.41, 5.74) is 1.04. The van der Waals surface area contributed by atoms with E-state index < -0.39 is 29.8 Å². The monoisotopic (exact) mass is 524 g/mol. The number of nitrogens with one attached hydrogen (secondary N) is 1. The molecule has 9 nitrogen and oxygen atoms in total. The lowest BCUT2D eigenvalue weighted by Crippen LogP contribution is -2.39. The number of carbonyl (C=O) groups excluding carboxylic acids is 1. The van der Waals surface area contributed by atoms with Gasteiger partial charge in [-0.1, -0.05) is 18.2 Å². The van der Waals surface area contributed by atoms with Crippen LogP contribution in [0.25, 0.3) is 0 Å². The van der Waals surface area contributed by atoms with Gasteiger partial charge in [0.05, 0.1) is 24.1 Å². The van der Waals surface area contributed by atoms with Crippen molar-refractivity contribution in [1.82, 2.24) is 10.3 Å². The summed E-state index contributed by atoms with van der Waals surface area (Å²) in [7, 11) is 1.47. The summed E-state index contributed by atoms with van der Waals surface area (Å²) in [6, 6.07) is 13.7. The molecule has 1 aliphatic carbocycles. The van der Waals surface area contributed by atoms with Crippen molar-refractivity contribution in [2.45, 2.75) is 43.1 Å². The van der Waals surface area contributed by atoms with Crippen LogP contribution < -0.4 is 24.3 Å². The highest BCUT2D eigenvalue weighted by atomic mass is 19.3. The first-order chi connectivity index (χ1) is 18.2. The number of carboxylic acids is 1. The van der Waals surface area contributed by atoms with Gasteiger partial charge in [0.25, 0.3) is 0 Å². The van der Waals surface area contributed by atoms with Crippen LogP contribution in [-0.4, -0.2) is 35.4 Å². The second-order valence-electron chi connectivity index (χ2n) is 9.46. The maximum atomic E-state index is 13.6. The number of hydrogen-bond donors (Lipinski definition) is 2. The molecule has 2 aromatic carbocycles. The number of aromatic nitrogens is 1. The SMILES string of the molecule is COc1ccc2c(n1)O[C@@H](c1cccc(C(=O)O)c1)C[C@H]2NC(=O)C1(c2ccc3c(c2)OC(F)(F)O3)CC1. The Labute approximate surface area is 215 Å². The number of alkyl halides is 2. The number of fused-ring (bicyclic) bond motifs is 2. The number of ether oxygens (including phenoxy) is 4. The van der Waals surface area contributed by atoms with Crippen LogP contribution in [0.3, 0.4) is 0 Å². The first-order valence-electron chi connectivity index (χ1n) is 11.9. The van der Waals surface area contributed by atoms with Crippen LogP contribution in [0.5, 0.6) is 23.3 Å². The van der Waals surface area contributed by atoms with Gasteiger partial charge < -0.3 is 29.4 Å². The highest BCUT2D eigenvalue weighted by Gasteiger charge is 2.53. The number of methoxy groups -OCH3 is 1. The molecule has 2 aliphatic heterocycles. The van der Waals surface area contributed by atoms with Crippen LogP contribution in [-0.2, 0) is 10.2 Å². The van der Waals surface area contributed by atoms with Gasteiger partial charge in [-0.15, -0.1) is 8.78 Å². The van der Waals surface area contributed by atoms with Crippen LogP contribution in [0.15, 0.2) is 54.6 Å².